The standard InChI is InChI=1S/C15H16ClN3O2S/c1-9(2)17-14(21)12-8-22-15(18-12)19-13(20)7-10-3-5-11(16)6-4-10/h3-6,8-9H,7H2,1-2H3,(H,17,21)(H,18,19,20). The highest BCUT2D eigenvalue weighted by molar-refractivity contribution is 7.14. The average molecular weight is 338 g/mol. The molecule has 1 heterocycles. The van der Waals surface area contributed by atoms with E-state index in [2.05, 4.69) is 15.6 Å². The fraction of sp³-hybridized carbons (Fsp3) is 0.267. The third kappa shape index (κ3) is 4.82. The van der Waals surface area contributed by atoms with E-state index in [0.29, 0.717) is 15.8 Å². The lowest BCUT2D eigenvalue weighted by molar-refractivity contribution is -0.115. The van der Waals surface area contributed by atoms with Crippen LogP contribution in [0, 0.1) is 0 Å². The molecule has 1 aromatic carbocycles. The maximum Gasteiger partial charge on any atom is 0.271 e. The second-order valence-electron chi connectivity index (χ2n) is 5.02. The number of aromatic nitrogens is 1. The first-order chi connectivity index (χ1) is 10.4. The number of thiazole rings is 1. The summed E-state index contributed by atoms with van der Waals surface area (Å²) in [6.45, 7) is 3.75. The molecule has 2 rings (SSSR count). The molecule has 0 bridgehead atoms. The van der Waals surface area contributed by atoms with Crippen LogP contribution in [0.25, 0.3) is 0 Å². The normalized spacial score (nSPS) is 10.5. The van der Waals surface area contributed by atoms with Gasteiger partial charge in [0, 0.05) is 16.4 Å². The first kappa shape index (κ1) is 16.5. The monoisotopic (exact) mass is 337 g/mol. The van der Waals surface area contributed by atoms with Crippen molar-refractivity contribution in [3.8, 4) is 0 Å². The SMILES string of the molecule is CC(C)NC(=O)c1csc(NC(=O)Cc2ccc(Cl)cc2)n1. The molecular formula is C15H16ClN3O2S. The van der Waals surface area contributed by atoms with Gasteiger partial charge in [-0.25, -0.2) is 4.98 Å². The molecule has 2 N–H and O–H groups in total. The van der Waals surface area contributed by atoms with Crippen LogP contribution in [0.1, 0.15) is 29.9 Å². The van der Waals surface area contributed by atoms with E-state index >= 15 is 0 Å². The van der Waals surface area contributed by atoms with E-state index in [1.54, 1.807) is 29.6 Å². The predicted molar refractivity (Wildman–Crippen MR) is 88.5 cm³/mol. The van der Waals surface area contributed by atoms with E-state index < -0.39 is 0 Å². The minimum atomic E-state index is -0.246. The van der Waals surface area contributed by atoms with Gasteiger partial charge in [0.2, 0.25) is 5.91 Å². The predicted octanol–water partition coefficient (Wildman–Crippen LogP) is 3.12. The third-order valence-electron chi connectivity index (χ3n) is 2.68. The van der Waals surface area contributed by atoms with Gasteiger partial charge in [-0.15, -0.1) is 11.3 Å². The lowest BCUT2D eigenvalue weighted by Gasteiger charge is -2.05. The molecule has 0 saturated heterocycles. The van der Waals surface area contributed by atoms with E-state index in [0.717, 1.165) is 5.56 Å². The van der Waals surface area contributed by atoms with Crippen LogP contribution in [0.4, 0.5) is 5.13 Å². The van der Waals surface area contributed by atoms with Crippen LogP contribution < -0.4 is 10.6 Å². The molecule has 0 spiro atoms. The van der Waals surface area contributed by atoms with E-state index in [1.165, 1.54) is 11.3 Å². The van der Waals surface area contributed by atoms with E-state index in [-0.39, 0.29) is 24.3 Å². The van der Waals surface area contributed by atoms with Crippen LogP contribution in [0.3, 0.4) is 0 Å². The zero-order valence-electron chi connectivity index (χ0n) is 12.2. The topological polar surface area (TPSA) is 71.1 Å². The summed E-state index contributed by atoms with van der Waals surface area (Å²) >= 11 is 7.02. The molecule has 116 valence electrons. The van der Waals surface area contributed by atoms with Gasteiger partial charge in [-0.2, -0.15) is 0 Å². The number of carbonyl (C=O) groups is 2. The highest BCUT2D eigenvalue weighted by Gasteiger charge is 2.13. The Balaban J connectivity index is 1.93. The summed E-state index contributed by atoms with van der Waals surface area (Å²) in [4.78, 5) is 27.8. The Labute approximate surface area is 137 Å². The lowest BCUT2D eigenvalue weighted by Crippen LogP contribution is -2.30. The van der Waals surface area contributed by atoms with Gasteiger partial charge in [-0.3, -0.25) is 9.59 Å². The summed E-state index contributed by atoms with van der Waals surface area (Å²) in [5, 5.41) is 8.10. The van der Waals surface area contributed by atoms with Crippen molar-refractivity contribution in [1.29, 1.82) is 0 Å². The zero-order chi connectivity index (χ0) is 16.1. The van der Waals surface area contributed by atoms with Crippen molar-refractivity contribution >= 4 is 39.9 Å². The quantitative estimate of drug-likeness (QED) is 0.880. The van der Waals surface area contributed by atoms with Gasteiger partial charge in [-0.05, 0) is 31.5 Å². The summed E-state index contributed by atoms with van der Waals surface area (Å²) in [5.74, 6) is -0.433. The van der Waals surface area contributed by atoms with E-state index in [4.69, 9.17) is 11.6 Å². The third-order valence-corrected chi connectivity index (χ3v) is 3.69. The second kappa shape index (κ2) is 7.38. The molecule has 2 aromatic rings. The molecule has 0 fully saturated rings. The van der Waals surface area contributed by atoms with Crippen LogP contribution in [0.5, 0.6) is 0 Å². The fourth-order valence-electron chi connectivity index (χ4n) is 1.72. The Morgan fingerprint density at radius 3 is 2.59 bits per heavy atom. The van der Waals surface area contributed by atoms with E-state index in [9.17, 15) is 9.59 Å². The molecule has 5 nitrogen and oxygen atoms in total. The molecule has 0 unspecified atom stereocenters. The van der Waals surface area contributed by atoms with E-state index in [1.807, 2.05) is 13.8 Å². The van der Waals surface area contributed by atoms with Gasteiger partial charge in [0.05, 0.1) is 6.42 Å². The van der Waals surface area contributed by atoms with Crippen molar-refractivity contribution in [1.82, 2.24) is 10.3 Å². The molecule has 0 radical (unpaired) electrons. The number of hydrogen-bond acceptors (Lipinski definition) is 4. The Kier molecular flexibility index (Phi) is 5.51. The molecule has 0 aliphatic heterocycles. The van der Waals surface area contributed by atoms with Crippen molar-refractivity contribution in [3.05, 3.63) is 45.9 Å². The van der Waals surface area contributed by atoms with Crippen LogP contribution in [0.2, 0.25) is 5.02 Å². The largest absolute Gasteiger partial charge is 0.349 e. The summed E-state index contributed by atoms with van der Waals surface area (Å²) in [5.41, 5.74) is 1.16. The number of nitrogens with zero attached hydrogens (tertiary/aromatic N) is 1. The number of carbonyl (C=O) groups excluding carboxylic acids is 2. The first-order valence-corrected chi connectivity index (χ1v) is 8.00. The first-order valence-electron chi connectivity index (χ1n) is 6.74. The molecule has 0 saturated carbocycles. The molecule has 22 heavy (non-hydrogen) atoms. The lowest BCUT2D eigenvalue weighted by atomic mass is 10.1. The van der Waals surface area contributed by atoms with Gasteiger partial charge in [-0.1, -0.05) is 23.7 Å². The van der Waals surface area contributed by atoms with Gasteiger partial charge in [0.25, 0.3) is 5.91 Å². The molecule has 0 atom stereocenters. The smallest absolute Gasteiger partial charge is 0.271 e. The number of hydrogen-bond donors (Lipinski definition) is 2. The number of anilines is 1. The highest BCUT2D eigenvalue weighted by atomic mass is 35.5. The number of amides is 2. The van der Waals surface area contributed by atoms with Crippen LogP contribution >= 0.6 is 22.9 Å². The maximum absolute atomic E-state index is 11.9. The summed E-state index contributed by atoms with van der Waals surface area (Å²) in [6, 6.07) is 7.11. The van der Waals surface area contributed by atoms with Crippen LogP contribution in [-0.2, 0) is 11.2 Å². The fourth-order valence-corrected chi connectivity index (χ4v) is 2.56. The Morgan fingerprint density at radius 1 is 1.27 bits per heavy atom. The van der Waals surface area contributed by atoms with Gasteiger partial charge in [0.1, 0.15) is 5.69 Å². The number of nitrogens with one attached hydrogen (secondary N) is 2. The molecule has 1 aromatic heterocycles. The number of halogens is 1. The second-order valence-corrected chi connectivity index (χ2v) is 6.31. The van der Waals surface area contributed by atoms with Crippen molar-refractivity contribution < 1.29 is 9.59 Å². The molecule has 0 aliphatic carbocycles. The zero-order valence-corrected chi connectivity index (χ0v) is 13.8. The van der Waals surface area contributed by atoms with Crippen molar-refractivity contribution in [2.75, 3.05) is 5.32 Å². The van der Waals surface area contributed by atoms with Crippen molar-refractivity contribution in [2.24, 2.45) is 0 Å². The minimum Gasteiger partial charge on any atom is -0.349 e. The number of rotatable bonds is 5. The summed E-state index contributed by atoms with van der Waals surface area (Å²) in [7, 11) is 0. The van der Waals surface area contributed by atoms with Crippen LogP contribution in [-0.4, -0.2) is 22.8 Å². The van der Waals surface area contributed by atoms with Gasteiger partial charge >= 0.3 is 0 Å². The molecule has 0 aliphatic rings. The average Bonchev–Trinajstić information content (AvgIpc) is 2.89. The number of benzene rings is 1. The Morgan fingerprint density at radius 2 is 1.95 bits per heavy atom. The summed E-state index contributed by atoms with van der Waals surface area (Å²) < 4.78 is 0. The summed E-state index contributed by atoms with van der Waals surface area (Å²) in [6.07, 6.45) is 0.226. The van der Waals surface area contributed by atoms with Crippen molar-refractivity contribution in [3.63, 3.8) is 0 Å². The van der Waals surface area contributed by atoms with Gasteiger partial charge < -0.3 is 10.6 Å². The molecular weight excluding hydrogens is 322 g/mol. The Hall–Kier alpha value is -1.92. The maximum atomic E-state index is 11.9. The van der Waals surface area contributed by atoms with Crippen molar-refractivity contribution in [2.45, 2.75) is 26.3 Å². The molecule has 7 heteroatoms. The minimum absolute atomic E-state index is 0.0390. The molecule has 2 amide bonds. The van der Waals surface area contributed by atoms with Gasteiger partial charge in [0.15, 0.2) is 5.13 Å². The van der Waals surface area contributed by atoms with Crippen LogP contribution in [0.15, 0.2) is 29.6 Å². The highest BCUT2D eigenvalue weighted by Crippen LogP contribution is 2.16. The Bertz CT molecular complexity index is 668.